The molecule has 1 fully saturated rings. The lowest BCUT2D eigenvalue weighted by atomic mass is 9.97. The van der Waals surface area contributed by atoms with Crippen molar-refractivity contribution in [1.82, 2.24) is 0 Å². The molecule has 0 bridgehead atoms. The van der Waals surface area contributed by atoms with Gasteiger partial charge in [0.25, 0.3) is 0 Å². The summed E-state index contributed by atoms with van der Waals surface area (Å²) in [4.78, 5) is 0. The van der Waals surface area contributed by atoms with Gasteiger partial charge in [0.2, 0.25) is 0 Å². The third-order valence-corrected chi connectivity index (χ3v) is 4.81. The minimum absolute atomic E-state index is 0.127. The molecule has 0 spiro atoms. The standard InChI is InChI=1S/C12H13FN2O2S/c13-10-2-4-11(5-3-10)15-12(8-14)6-1-7-18(16,17)9-12/h2-5,15H,1,6-7,9H2. The van der Waals surface area contributed by atoms with E-state index in [4.69, 9.17) is 0 Å². The molecule has 0 saturated carbocycles. The third-order valence-electron chi connectivity index (χ3n) is 2.97. The Hall–Kier alpha value is -1.61. The monoisotopic (exact) mass is 268 g/mol. The zero-order valence-corrected chi connectivity index (χ0v) is 10.5. The summed E-state index contributed by atoms with van der Waals surface area (Å²) in [6.45, 7) is 0. The number of hydrogen-bond donors (Lipinski definition) is 1. The van der Waals surface area contributed by atoms with Gasteiger partial charge in [0.15, 0.2) is 9.84 Å². The molecule has 0 radical (unpaired) electrons. The van der Waals surface area contributed by atoms with E-state index in [1.54, 1.807) is 0 Å². The molecule has 0 aromatic heterocycles. The average molecular weight is 268 g/mol. The smallest absolute Gasteiger partial charge is 0.153 e. The molecule has 0 amide bonds. The van der Waals surface area contributed by atoms with E-state index in [0.717, 1.165) is 0 Å². The minimum Gasteiger partial charge on any atom is -0.367 e. The van der Waals surface area contributed by atoms with E-state index < -0.39 is 15.4 Å². The summed E-state index contributed by atoms with van der Waals surface area (Å²) in [6.07, 6.45) is 0.935. The van der Waals surface area contributed by atoms with Crippen LogP contribution in [0.4, 0.5) is 10.1 Å². The van der Waals surface area contributed by atoms with Gasteiger partial charge in [-0.15, -0.1) is 0 Å². The van der Waals surface area contributed by atoms with Gasteiger partial charge in [-0.1, -0.05) is 0 Å². The summed E-state index contributed by atoms with van der Waals surface area (Å²) in [5, 5.41) is 12.2. The molecule has 4 nitrogen and oxygen atoms in total. The molecule has 1 aliphatic heterocycles. The lowest BCUT2D eigenvalue weighted by Crippen LogP contribution is -2.47. The number of benzene rings is 1. The largest absolute Gasteiger partial charge is 0.367 e. The first-order valence-electron chi connectivity index (χ1n) is 5.60. The van der Waals surface area contributed by atoms with E-state index >= 15 is 0 Å². The van der Waals surface area contributed by atoms with Crippen LogP contribution in [0.15, 0.2) is 24.3 Å². The highest BCUT2D eigenvalue weighted by Gasteiger charge is 2.39. The fourth-order valence-corrected chi connectivity index (χ4v) is 3.90. The van der Waals surface area contributed by atoms with E-state index in [2.05, 4.69) is 11.4 Å². The van der Waals surface area contributed by atoms with Gasteiger partial charge in [-0.3, -0.25) is 0 Å². The van der Waals surface area contributed by atoms with Crippen LogP contribution >= 0.6 is 0 Å². The number of sulfone groups is 1. The van der Waals surface area contributed by atoms with Crippen LogP contribution in [0.25, 0.3) is 0 Å². The number of nitriles is 1. The van der Waals surface area contributed by atoms with Crippen LogP contribution < -0.4 is 5.32 Å². The normalized spacial score (nSPS) is 26.2. The third kappa shape index (κ3) is 2.79. The molecule has 2 rings (SSSR count). The van der Waals surface area contributed by atoms with Crippen molar-refractivity contribution >= 4 is 15.5 Å². The van der Waals surface area contributed by atoms with Gasteiger partial charge in [-0.05, 0) is 37.1 Å². The Bertz CT molecular complexity index is 577. The number of nitrogens with one attached hydrogen (secondary N) is 1. The second kappa shape index (κ2) is 4.58. The van der Waals surface area contributed by atoms with Gasteiger partial charge >= 0.3 is 0 Å². The maximum atomic E-state index is 12.8. The molecular formula is C12H13FN2O2S. The topological polar surface area (TPSA) is 70.0 Å². The Morgan fingerprint density at radius 2 is 2.00 bits per heavy atom. The molecule has 1 unspecified atom stereocenters. The van der Waals surface area contributed by atoms with Crippen molar-refractivity contribution in [2.75, 3.05) is 16.8 Å². The van der Waals surface area contributed by atoms with Crippen LogP contribution in [-0.2, 0) is 9.84 Å². The summed E-state index contributed by atoms with van der Waals surface area (Å²) < 4.78 is 36.0. The van der Waals surface area contributed by atoms with Crippen LogP contribution in [0.3, 0.4) is 0 Å². The van der Waals surface area contributed by atoms with Crippen molar-refractivity contribution in [2.45, 2.75) is 18.4 Å². The molecule has 1 atom stereocenters. The lowest BCUT2D eigenvalue weighted by molar-refractivity contribution is 0.519. The van der Waals surface area contributed by atoms with Gasteiger partial charge in [-0.2, -0.15) is 5.26 Å². The zero-order valence-electron chi connectivity index (χ0n) is 9.69. The molecule has 18 heavy (non-hydrogen) atoms. The van der Waals surface area contributed by atoms with Crippen molar-refractivity contribution in [3.05, 3.63) is 30.1 Å². The number of anilines is 1. The SMILES string of the molecule is N#CC1(Nc2ccc(F)cc2)CCCS(=O)(=O)C1. The number of rotatable bonds is 2. The van der Waals surface area contributed by atoms with Crippen LogP contribution in [0.2, 0.25) is 0 Å². The number of hydrogen-bond acceptors (Lipinski definition) is 4. The molecule has 6 heteroatoms. The van der Waals surface area contributed by atoms with Crippen LogP contribution in [0.5, 0.6) is 0 Å². The highest BCUT2D eigenvalue weighted by atomic mass is 32.2. The van der Waals surface area contributed by atoms with Gasteiger partial charge in [-0.25, -0.2) is 12.8 Å². The van der Waals surface area contributed by atoms with Crippen molar-refractivity contribution < 1.29 is 12.8 Å². The Morgan fingerprint density at radius 1 is 1.33 bits per heavy atom. The fourth-order valence-electron chi connectivity index (χ4n) is 2.14. The van der Waals surface area contributed by atoms with Crippen molar-refractivity contribution in [2.24, 2.45) is 0 Å². The van der Waals surface area contributed by atoms with Gasteiger partial charge in [0, 0.05) is 5.69 Å². The first kappa shape index (κ1) is 12.8. The van der Waals surface area contributed by atoms with E-state index in [1.165, 1.54) is 24.3 Å². The first-order chi connectivity index (χ1) is 8.45. The molecular weight excluding hydrogens is 255 g/mol. The first-order valence-corrected chi connectivity index (χ1v) is 7.42. The van der Waals surface area contributed by atoms with Crippen molar-refractivity contribution in [3.8, 4) is 6.07 Å². The maximum absolute atomic E-state index is 12.8. The number of nitrogens with zero attached hydrogens (tertiary/aromatic N) is 1. The predicted molar refractivity (Wildman–Crippen MR) is 66.3 cm³/mol. The van der Waals surface area contributed by atoms with Gasteiger partial charge in [0.05, 0.1) is 17.6 Å². The highest BCUT2D eigenvalue weighted by molar-refractivity contribution is 7.91. The summed E-state index contributed by atoms with van der Waals surface area (Å²) in [7, 11) is -3.19. The summed E-state index contributed by atoms with van der Waals surface area (Å²) >= 11 is 0. The predicted octanol–water partition coefficient (Wildman–Crippen LogP) is 1.71. The Labute approximate surface area is 105 Å². The molecule has 1 N–H and O–H groups in total. The van der Waals surface area contributed by atoms with Crippen LogP contribution in [-0.4, -0.2) is 25.5 Å². The van der Waals surface area contributed by atoms with E-state index in [9.17, 15) is 18.1 Å². The summed E-state index contributed by atoms with van der Waals surface area (Å²) in [5.41, 5.74) is -0.551. The van der Waals surface area contributed by atoms with Gasteiger partial charge < -0.3 is 5.32 Å². The highest BCUT2D eigenvalue weighted by Crippen LogP contribution is 2.27. The fraction of sp³-hybridized carbons (Fsp3) is 0.417. The Morgan fingerprint density at radius 3 is 2.56 bits per heavy atom. The quantitative estimate of drug-likeness (QED) is 0.886. The Balaban J connectivity index is 2.24. The minimum atomic E-state index is -3.19. The van der Waals surface area contributed by atoms with E-state index in [1.807, 2.05) is 0 Å². The molecule has 1 aliphatic rings. The second-order valence-corrected chi connectivity index (χ2v) is 6.71. The average Bonchev–Trinajstić information content (AvgIpc) is 2.31. The maximum Gasteiger partial charge on any atom is 0.153 e. The van der Waals surface area contributed by atoms with Crippen molar-refractivity contribution in [3.63, 3.8) is 0 Å². The van der Waals surface area contributed by atoms with Gasteiger partial charge in [0.1, 0.15) is 11.4 Å². The van der Waals surface area contributed by atoms with E-state index in [-0.39, 0.29) is 17.3 Å². The molecule has 1 aromatic carbocycles. The molecule has 1 saturated heterocycles. The second-order valence-electron chi connectivity index (χ2n) is 4.52. The zero-order chi connectivity index (χ0) is 13.2. The van der Waals surface area contributed by atoms with Crippen LogP contribution in [0, 0.1) is 17.1 Å². The molecule has 96 valence electrons. The molecule has 0 aliphatic carbocycles. The lowest BCUT2D eigenvalue weighted by Gasteiger charge is -2.32. The van der Waals surface area contributed by atoms with E-state index in [0.29, 0.717) is 18.5 Å². The van der Waals surface area contributed by atoms with Crippen LogP contribution in [0.1, 0.15) is 12.8 Å². The van der Waals surface area contributed by atoms with Crippen molar-refractivity contribution in [1.29, 1.82) is 5.26 Å². The number of halogens is 1. The molecule has 1 aromatic rings. The Kier molecular flexibility index (Phi) is 3.26. The summed E-state index contributed by atoms with van der Waals surface area (Å²) in [5.74, 6) is -0.446. The molecule has 1 heterocycles. The summed E-state index contributed by atoms with van der Waals surface area (Å²) in [6, 6.07) is 7.58.